The van der Waals surface area contributed by atoms with E-state index in [0.29, 0.717) is 22.9 Å². The number of aryl methyl sites for hydroxylation is 1. The number of anilines is 1. The lowest BCUT2D eigenvalue weighted by Gasteiger charge is -2.07. The number of nitrogens with two attached hydrogens (primary N) is 1. The highest BCUT2D eigenvalue weighted by atomic mass is 35.5. The van der Waals surface area contributed by atoms with Crippen molar-refractivity contribution in [3.8, 4) is 0 Å². The van der Waals surface area contributed by atoms with Gasteiger partial charge in [0, 0.05) is 23.0 Å². The van der Waals surface area contributed by atoms with Gasteiger partial charge < -0.3 is 11.1 Å². The van der Waals surface area contributed by atoms with E-state index >= 15 is 0 Å². The fourth-order valence-corrected chi connectivity index (χ4v) is 2.86. The number of carbonyl (C=O) groups excluding carboxylic acids is 1. The van der Waals surface area contributed by atoms with Crippen LogP contribution in [0.25, 0.3) is 5.65 Å². The lowest BCUT2D eigenvalue weighted by atomic mass is 10.1. The predicted octanol–water partition coefficient (Wildman–Crippen LogP) is 3.78. The van der Waals surface area contributed by atoms with Gasteiger partial charge >= 0.3 is 0 Å². The van der Waals surface area contributed by atoms with Crippen LogP contribution in [0.1, 0.15) is 22.5 Å². The SMILES string of the molecule is NCCCc1ccc(NC(=O)c2c(Cl)nc3cc(Cl)ccn23)cc1. The zero-order chi connectivity index (χ0) is 17.1. The number of nitrogens with zero attached hydrogens (tertiary/aromatic N) is 2. The Bertz CT molecular complexity index is 874. The number of hydrogen-bond acceptors (Lipinski definition) is 3. The highest BCUT2D eigenvalue weighted by Crippen LogP contribution is 2.22. The molecule has 0 radical (unpaired) electrons. The minimum absolute atomic E-state index is 0.134. The number of aromatic nitrogens is 2. The summed E-state index contributed by atoms with van der Waals surface area (Å²) in [5.41, 5.74) is 8.18. The Hall–Kier alpha value is -2.08. The van der Waals surface area contributed by atoms with Gasteiger partial charge in [0.1, 0.15) is 5.65 Å². The topological polar surface area (TPSA) is 72.4 Å². The summed E-state index contributed by atoms with van der Waals surface area (Å²) in [6, 6.07) is 11.0. The number of carbonyl (C=O) groups is 1. The Morgan fingerprint density at radius 1 is 1.21 bits per heavy atom. The van der Waals surface area contributed by atoms with Crippen molar-refractivity contribution >= 4 is 40.4 Å². The van der Waals surface area contributed by atoms with Crippen LogP contribution in [0, 0.1) is 0 Å². The fourth-order valence-electron chi connectivity index (χ4n) is 2.45. The van der Waals surface area contributed by atoms with Crippen molar-refractivity contribution in [1.29, 1.82) is 0 Å². The third kappa shape index (κ3) is 3.53. The maximum atomic E-state index is 12.5. The van der Waals surface area contributed by atoms with Crippen molar-refractivity contribution in [2.45, 2.75) is 12.8 Å². The predicted molar refractivity (Wildman–Crippen MR) is 97.0 cm³/mol. The molecule has 5 nitrogen and oxygen atoms in total. The zero-order valence-corrected chi connectivity index (χ0v) is 14.3. The molecule has 2 heterocycles. The second kappa shape index (κ2) is 7.21. The number of benzene rings is 1. The Morgan fingerprint density at radius 2 is 1.96 bits per heavy atom. The van der Waals surface area contributed by atoms with Crippen LogP contribution in [0.15, 0.2) is 42.6 Å². The van der Waals surface area contributed by atoms with E-state index in [2.05, 4.69) is 10.3 Å². The van der Waals surface area contributed by atoms with E-state index in [9.17, 15) is 4.79 Å². The van der Waals surface area contributed by atoms with E-state index in [4.69, 9.17) is 28.9 Å². The van der Waals surface area contributed by atoms with Gasteiger partial charge in [0.2, 0.25) is 0 Å². The average molecular weight is 363 g/mol. The molecule has 0 unspecified atom stereocenters. The summed E-state index contributed by atoms with van der Waals surface area (Å²) >= 11 is 12.1. The molecular formula is C17H16Cl2N4O. The van der Waals surface area contributed by atoms with Gasteiger partial charge in [-0.2, -0.15) is 0 Å². The summed E-state index contributed by atoms with van der Waals surface area (Å²) in [7, 11) is 0. The number of hydrogen-bond donors (Lipinski definition) is 2. The molecule has 1 amide bonds. The molecule has 0 aliphatic carbocycles. The lowest BCUT2D eigenvalue weighted by Crippen LogP contribution is -2.14. The Balaban J connectivity index is 1.81. The average Bonchev–Trinajstić information content (AvgIpc) is 2.89. The van der Waals surface area contributed by atoms with Crippen LogP contribution in [-0.2, 0) is 6.42 Å². The Morgan fingerprint density at radius 3 is 2.67 bits per heavy atom. The molecule has 124 valence electrons. The highest BCUT2D eigenvalue weighted by molar-refractivity contribution is 6.33. The number of rotatable bonds is 5. The third-order valence-corrected chi connectivity index (χ3v) is 4.14. The van der Waals surface area contributed by atoms with Gasteiger partial charge in [-0.15, -0.1) is 0 Å². The molecule has 0 saturated carbocycles. The monoisotopic (exact) mass is 362 g/mol. The summed E-state index contributed by atoms with van der Waals surface area (Å²) in [5.74, 6) is -0.329. The number of imidazole rings is 1. The van der Waals surface area contributed by atoms with Crippen LogP contribution < -0.4 is 11.1 Å². The van der Waals surface area contributed by atoms with E-state index in [1.165, 1.54) is 5.56 Å². The first kappa shape index (κ1) is 16.8. The van der Waals surface area contributed by atoms with Gasteiger partial charge in [0.25, 0.3) is 5.91 Å². The first-order valence-corrected chi connectivity index (χ1v) is 8.27. The minimum Gasteiger partial charge on any atom is -0.330 e. The molecule has 0 spiro atoms. The quantitative estimate of drug-likeness (QED) is 0.725. The molecular weight excluding hydrogens is 347 g/mol. The van der Waals surface area contributed by atoms with Crippen LogP contribution in [0.4, 0.5) is 5.69 Å². The van der Waals surface area contributed by atoms with E-state index in [0.717, 1.165) is 12.8 Å². The number of nitrogens with one attached hydrogen (secondary N) is 1. The second-order valence-electron chi connectivity index (χ2n) is 5.37. The maximum Gasteiger partial charge on any atom is 0.275 e. The van der Waals surface area contributed by atoms with Crippen molar-refractivity contribution in [1.82, 2.24) is 9.38 Å². The first-order valence-electron chi connectivity index (χ1n) is 7.52. The molecule has 3 rings (SSSR count). The zero-order valence-electron chi connectivity index (χ0n) is 12.8. The number of pyridine rings is 1. The van der Waals surface area contributed by atoms with Gasteiger partial charge in [-0.05, 0) is 43.1 Å². The molecule has 2 aromatic heterocycles. The van der Waals surface area contributed by atoms with Crippen LogP contribution in [0.5, 0.6) is 0 Å². The molecule has 3 N–H and O–H groups in total. The summed E-state index contributed by atoms with van der Waals surface area (Å²) in [6.45, 7) is 0.662. The molecule has 0 bridgehead atoms. The summed E-state index contributed by atoms with van der Waals surface area (Å²) in [4.78, 5) is 16.7. The molecule has 7 heteroatoms. The standard InChI is InChI=1S/C17H16Cl2N4O/c18-12-7-9-23-14(10-12)22-16(19)15(23)17(24)21-13-5-3-11(4-6-13)2-1-8-20/h3-7,9-10H,1-2,8,20H2,(H,21,24). The molecule has 3 aromatic rings. The van der Waals surface area contributed by atoms with E-state index in [1.54, 1.807) is 22.7 Å². The van der Waals surface area contributed by atoms with Crippen LogP contribution >= 0.6 is 23.2 Å². The lowest BCUT2D eigenvalue weighted by molar-refractivity contribution is 0.102. The molecule has 0 fully saturated rings. The van der Waals surface area contributed by atoms with E-state index in [1.807, 2.05) is 24.3 Å². The first-order chi connectivity index (χ1) is 11.6. The maximum absolute atomic E-state index is 12.5. The number of halogens is 2. The van der Waals surface area contributed by atoms with Gasteiger partial charge in [-0.3, -0.25) is 9.20 Å². The van der Waals surface area contributed by atoms with E-state index in [-0.39, 0.29) is 16.8 Å². The van der Waals surface area contributed by atoms with Gasteiger partial charge in [0.15, 0.2) is 10.8 Å². The van der Waals surface area contributed by atoms with Crippen molar-refractivity contribution in [2.75, 3.05) is 11.9 Å². The third-order valence-electron chi connectivity index (χ3n) is 3.64. The molecule has 0 atom stereocenters. The molecule has 0 saturated heterocycles. The smallest absolute Gasteiger partial charge is 0.275 e. The molecule has 0 aliphatic rings. The largest absolute Gasteiger partial charge is 0.330 e. The van der Waals surface area contributed by atoms with E-state index < -0.39 is 0 Å². The number of amides is 1. The van der Waals surface area contributed by atoms with Gasteiger partial charge in [-0.25, -0.2) is 4.98 Å². The highest BCUT2D eigenvalue weighted by Gasteiger charge is 2.18. The molecule has 1 aromatic carbocycles. The Labute approximate surface area is 149 Å². The van der Waals surface area contributed by atoms with Gasteiger partial charge in [0.05, 0.1) is 0 Å². The molecule has 0 aliphatic heterocycles. The normalized spacial score (nSPS) is 11.0. The van der Waals surface area contributed by atoms with Crippen molar-refractivity contribution in [2.24, 2.45) is 5.73 Å². The van der Waals surface area contributed by atoms with Gasteiger partial charge in [-0.1, -0.05) is 35.3 Å². The van der Waals surface area contributed by atoms with Crippen LogP contribution in [-0.4, -0.2) is 21.8 Å². The van der Waals surface area contributed by atoms with Crippen molar-refractivity contribution in [3.63, 3.8) is 0 Å². The minimum atomic E-state index is -0.329. The van der Waals surface area contributed by atoms with Crippen molar-refractivity contribution < 1.29 is 4.79 Å². The van der Waals surface area contributed by atoms with Crippen LogP contribution in [0.3, 0.4) is 0 Å². The summed E-state index contributed by atoms with van der Waals surface area (Å²) in [5, 5.41) is 3.50. The Kier molecular flexibility index (Phi) is 5.04. The summed E-state index contributed by atoms with van der Waals surface area (Å²) < 4.78 is 1.61. The molecule has 24 heavy (non-hydrogen) atoms. The summed E-state index contributed by atoms with van der Waals surface area (Å²) in [6.07, 6.45) is 3.53. The van der Waals surface area contributed by atoms with Crippen LogP contribution in [0.2, 0.25) is 10.2 Å². The second-order valence-corrected chi connectivity index (χ2v) is 6.16. The fraction of sp³-hybridized carbons (Fsp3) is 0.176. The van der Waals surface area contributed by atoms with Crippen molar-refractivity contribution in [3.05, 3.63) is 64.0 Å². The number of fused-ring (bicyclic) bond motifs is 1.